The van der Waals surface area contributed by atoms with Gasteiger partial charge in [-0.25, -0.2) is 0 Å². The molecule has 0 aliphatic rings. The Morgan fingerprint density at radius 3 is 2.12 bits per heavy atom. The fourth-order valence-corrected chi connectivity index (χ4v) is 4.87. The first-order valence-corrected chi connectivity index (χ1v) is 11.1. The number of carboxylic acid groups (broad SMARTS) is 1. The minimum absolute atomic E-state index is 0.287. The second-order valence-corrected chi connectivity index (χ2v) is 8.48. The number of hydrogen-bond donors (Lipinski definition) is 1. The van der Waals surface area contributed by atoms with Crippen LogP contribution in [0.15, 0.2) is 66.7 Å². The molecule has 0 amide bonds. The molecule has 0 fully saturated rings. The number of hydrogen-bond acceptors (Lipinski definition) is 6. The van der Waals surface area contributed by atoms with E-state index in [9.17, 15) is 9.90 Å². The van der Waals surface area contributed by atoms with Crippen molar-refractivity contribution >= 4 is 27.4 Å². The van der Waals surface area contributed by atoms with E-state index in [1.807, 2.05) is 66.7 Å². The SMILES string of the molecule is COc1ccc(Oc2c(CC(C(=O)O)c3ccccc3)sc3cc(OC)c(OC)cc23)cc1. The van der Waals surface area contributed by atoms with E-state index in [0.717, 1.165) is 26.3 Å². The Labute approximate surface area is 195 Å². The molecule has 1 heterocycles. The predicted octanol–water partition coefficient (Wildman–Crippen LogP) is 6.13. The molecule has 0 saturated carbocycles. The van der Waals surface area contributed by atoms with E-state index in [0.29, 0.717) is 23.0 Å². The van der Waals surface area contributed by atoms with Gasteiger partial charge in [0.25, 0.3) is 0 Å². The van der Waals surface area contributed by atoms with Crippen molar-refractivity contribution in [2.75, 3.05) is 21.3 Å². The smallest absolute Gasteiger partial charge is 0.311 e. The van der Waals surface area contributed by atoms with Gasteiger partial charge in [-0.15, -0.1) is 11.3 Å². The molecule has 4 rings (SSSR count). The average Bonchev–Trinajstić information content (AvgIpc) is 3.18. The van der Waals surface area contributed by atoms with Gasteiger partial charge in [-0.1, -0.05) is 30.3 Å². The number of ether oxygens (including phenoxy) is 4. The zero-order chi connectivity index (χ0) is 23.4. The lowest BCUT2D eigenvalue weighted by molar-refractivity contribution is -0.138. The molecule has 0 spiro atoms. The Hall–Kier alpha value is -3.71. The van der Waals surface area contributed by atoms with E-state index in [-0.39, 0.29) is 6.42 Å². The summed E-state index contributed by atoms with van der Waals surface area (Å²) in [4.78, 5) is 13.0. The summed E-state index contributed by atoms with van der Waals surface area (Å²) in [6.07, 6.45) is 0.287. The Morgan fingerprint density at radius 1 is 0.879 bits per heavy atom. The molecule has 170 valence electrons. The maximum absolute atomic E-state index is 12.2. The number of methoxy groups -OCH3 is 3. The van der Waals surface area contributed by atoms with Crippen LogP contribution in [0.3, 0.4) is 0 Å². The highest BCUT2D eigenvalue weighted by molar-refractivity contribution is 7.19. The summed E-state index contributed by atoms with van der Waals surface area (Å²) in [5.74, 6) is 1.55. The minimum Gasteiger partial charge on any atom is -0.497 e. The molecular formula is C26H24O6S. The molecule has 0 saturated heterocycles. The van der Waals surface area contributed by atoms with Crippen LogP contribution in [0.1, 0.15) is 16.4 Å². The van der Waals surface area contributed by atoms with Gasteiger partial charge >= 0.3 is 5.97 Å². The molecule has 0 aliphatic carbocycles. The first-order valence-electron chi connectivity index (χ1n) is 10.3. The van der Waals surface area contributed by atoms with Crippen molar-refractivity contribution in [2.45, 2.75) is 12.3 Å². The lowest BCUT2D eigenvalue weighted by atomic mass is 9.95. The molecule has 4 aromatic rings. The zero-order valence-corrected chi connectivity index (χ0v) is 19.3. The summed E-state index contributed by atoms with van der Waals surface area (Å²) in [6, 6.07) is 20.3. The van der Waals surface area contributed by atoms with Gasteiger partial charge in [0, 0.05) is 27.5 Å². The van der Waals surface area contributed by atoms with E-state index < -0.39 is 11.9 Å². The lowest BCUT2D eigenvalue weighted by Gasteiger charge is -2.14. The van der Waals surface area contributed by atoms with Gasteiger partial charge in [-0.05, 0) is 35.9 Å². The summed E-state index contributed by atoms with van der Waals surface area (Å²) < 4.78 is 23.4. The van der Waals surface area contributed by atoms with E-state index in [4.69, 9.17) is 18.9 Å². The highest BCUT2D eigenvalue weighted by Gasteiger charge is 2.26. The molecule has 0 aliphatic heterocycles. The van der Waals surface area contributed by atoms with Gasteiger partial charge in [0.1, 0.15) is 17.2 Å². The predicted molar refractivity (Wildman–Crippen MR) is 129 cm³/mol. The first kappa shape index (κ1) is 22.5. The third-order valence-corrected chi connectivity index (χ3v) is 6.54. The molecule has 1 N–H and O–H groups in total. The van der Waals surface area contributed by atoms with Crippen LogP contribution in [-0.4, -0.2) is 32.4 Å². The van der Waals surface area contributed by atoms with Crippen molar-refractivity contribution < 1.29 is 28.8 Å². The highest BCUT2D eigenvalue weighted by atomic mass is 32.1. The summed E-state index contributed by atoms with van der Waals surface area (Å²) in [6.45, 7) is 0. The molecule has 1 aromatic heterocycles. The third-order valence-electron chi connectivity index (χ3n) is 5.39. The van der Waals surface area contributed by atoms with Crippen LogP contribution >= 0.6 is 11.3 Å². The van der Waals surface area contributed by atoms with Crippen LogP contribution in [0.2, 0.25) is 0 Å². The molecule has 6 nitrogen and oxygen atoms in total. The molecule has 0 bridgehead atoms. The Kier molecular flexibility index (Phi) is 6.70. The maximum atomic E-state index is 12.2. The monoisotopic (exact) mass is 464 g/mol. The number of carboxylic acids is 1. The highest BCUT2D eigenvalue weighted by Crippen LogP contribution is 2.46. The largest absolute Gasteiger partial charge is 0.497 e. The second kappa shape index (κ2) is 9.83. The minimum atomic E-state index is -0.885. The second-order valence-electron chi connectivity index (χ2n) is 7.34. The van der Waals surface area contributed by atoms with Crippen molar-refractivity contribution in [2.24, 2.45) is 0 Å². The fourth-order valence-electron chi connectivity index (χ4n) is 3.68. The van der Waals surface area contributed by atoms with Crippen molar-refractivity contribution in [3.63, 3.8) is 0 Å². The molecule has 1 atom stereocenters. The summed E-state index contributed by atoms with van der Waals surface area (Å²) in [7, 11) is 4.77. The van der Waals surface area contributed by atoms with Gasteiger partial charge < -0.3 is 24.1 Å². The Bertz CT molecular complexity index is 1250. The summed E-state index contributed by atoms with van der Waals surface area (Å²) in [5.41, 5.74) is 0.744. The topological polar surface area (TPSA) is 74.2 Å². The van der Waals surface area contributed by atoms with Gasteiger partial charge in [0.2, 0.25) is 0 Å². The zero-order valence-electron chi connectivity index (χ0n) is 18.5. The van der Waals surface area contributed by atoms with Crippen LogP contribution in [0.5, 0.6) is 28.7 Å². The molecule has 0 radical (unpaired) electrons. The molecule has 33 heavy (non-hydrogen) atoms. The Balaban J connectivity index is 1.82. The maximum Gasteiger partial charge on any atom is 0.311 e. The number of aliphatic carboxylic acids is 1. The number of rotatable bonds is 9. The third kappa shape index (κ3) is 4.73. The van der Waals surface area contributed by atoms with Crippen LogP contribution in [-0.2, 0) is 11.2 Å². The van der Waals surface area contributed by atoms with E-state index in [2.05, 4.69) is 0 Å². The number of carbonyl (C=O) groups is 1. The van der Waals surface area contributed by atoms with Gasteiger partial charge in [-0.3, -0.25) is 4.79 Å². The summed E-state index contributed by atoms with van der Waals surface area (Å²) in [5, 5.41) is 10.8. The fraction of sp³-hybridized carbons (Fsp3) is 0.192. The van der Waals surface area contributed by atoms with Crippen LogP contribution in [0, 0.1) is 0 Å². The first-order chi connectivity index (χ1) is 16.0. The Morgan fingerprint density at radius 2 is 1.52 bits per heavy atom. The van der Waals surface area contributed by atoms with E-state index >= 15 is 0 Å². The standard InChI is InChI=1S/C26H24O6S/c1-29-17-9-11-18(12-10-17)32-25-20-13-21(30-2)22(31-3)15-23(20)33-24(25)14-19(26(27)28)16-7-5-4-6-8-16/h4-13,15,19H,14H2,1-3H3,(H,27,28). The van der Waals surface area contributed by atoms with Crippen molar-refractivity contribution in [1.29, 1.82) is 0 Å². The van der Waals surface area contributed by atoms with Crippen molar-refractivity contribution in [3.8, 4) is 28.7 Å². The van der Waals surface area contributed by atoms with E-state index in [1.54, 1.807) is 21.3 Å². The average molecular weight is 465 g/mol. The number of thiophene rings is 1. The molecule has 1 unspecified atom stereocenters. The lowest BCUT2D eigenvalue weighted by Crippen LogP contribution is -2.14. The van der Waals surface area contributed by atoms with Gasteiger partial charge in [0.15, 0.2) is 11.5 Å². The van der Waals surface area contributed by atoms with Crippen LogP contribution < -0.4 is 18.9 Å². The van der Waals surface area contributed by atoms with E-state index in [1.165, 1.54) is 11.3 Å². The molecule has 3 aromatic carbocycles. The molecular weight excluding hydrogens is 440 g/mol. The number of benzene rings is 3. The number of fused-ring (bicyclic) bond motifs is 1. The quantitative estimate of drug-likeness (QED) is 0.321. The normalized spacial score (nSPS) is 11.7. The van der Waals surface area contributed by atoms with Crippen molar-refractivity contribution in [3.05, 3.63) is 77.2 Å². The molecule has 7 heteroatoms. The van der Waals surface area contributed by atoms with Crippen LogP contribution in [0.4, 0.5) is 0 Å². The van der Waals surface area contributed by atoms with Crippen molar-refractivity contribution in [1.82, 2.24) is 0 Å². The summed E-state index contributed by atoms with van der Waals surface area (Å²) >= 11 is 1.49. The van der Waals surface area contributed by atoms with Crippen LogP contribution in [0.25, 0.3) is 10.1 Å². The van der Waals surface area contributed by atoms with Gasteiger partial charge in [-0.2, -0.15) is 0 Å². The van der Waals surface area contributed by atoms with Gasteiger partial charge in [0.05, 0.1) is 27.2 Å².